The zero-order valence-electron chi connectivity index (χ0n) is 14.7. The third kappa shape index (κ3) is 4.48. The van der Waals surface area contributed by atoms with Gasteiger partial charge in [-0.05, 0) is 57.1 Å². The summed E-state index contributed by atoms with van der Waals surface area (Å²) in [5.41, 5.74) is 2.07. The molecular weight excluding hydrogens is 302 g/mol. The van der Waals surface area contributed by atoms with E-state index in [2.05, 4.69) is 27.2 Å². The van der Waals surface area contributed by atoms with Crippen molar-refractivity contribution in [1.29, 1.82) is 0 Å². The van der Waals surface area contributed by atoms with E-state index in [9.17, 15) is 4.79 Å². The lowest BCUT2D eigenvalue weighted by atomic mass is 10.2. The Bertz CT molecular complexity index is 518. The molecule has 1 aromatic rings. The van der Waals surface area contributed by atoms with Crippen molar-refractivity contribution in [3.8, 4) is 0 Å². The molecule has 0 radical (unpaired) electrons. The topological polar surface area (TPSA) is 44.8 Å². The number of ether oxygens (including phenoxy) is 1. The summed E-state index contributed by atoms with van der Waals surface area (Å²) in [7, 11) is 0. The number of anilines is 2. The number of morpholine rings is 1. The standard InChI is InChI=1S/C19H29N3O2/c1-16(21-10-4-2-3-5-11-21)19(23)20-17-6-8-18(9-7-17)22-12-14-24-15-13-22/h6-9,16H,2-5,10-15H2,1H3,(H,20,23)/t16-/m0/s1. The highest BCUT2D eigenvalue weighted by Gasteiger charge is 2.22. The number of rotatable bonds is 4. The van der Waals surface area contributed by atoms with Gasteiger partial charge < -0.3 is 15.0 Å². The predicted molar refractivity (Wildman–Crippen MR) is 97.6 cm³/mol. The third-order valence-corrected chi connectivity index (χ3v) is 5.08. The Morgan fingerprint density at radius 2 is 1.62 bits per heavy atom. The van der Waals surface area contributed by atoms with E-state index in [1.807, 2.05) is 19.1 Å². The number of nitrogens with one attached hydrogen (secondary N) is 1. The smallest absolute Gasteiger partial charge is 0.241 e. The van der Waals surface area contributed by atoms with E-state index in [1.54, 1.807) is 0 Å². The van der Waals surface area contributed by atoms with Crippen LogP contribution in [0.3, 0.4) is 0 Å². The number of hydrogen-bond donors (Lipinski definition) is 1. The molecule has 0 unspecified atom stereocenters. The fourth-order valence-corrected chi connectivity index (χ4v) is 3.47. The summed E-state index contributed by atoms with van der Waals surface area (Å²) in [4.78, 5) is 17.2. The van der Waals surface area contributed by atoms with Crippen LogP contribution in [-0.2, 0) is 9.53 Å². The molecule has 0 aliphatic carbocycles. The van der Waals surface area contributed by atoms with E-state index in [1.165, 1.54) is 31.4 Å². The molecule has 0 bridgehead atoms. The van der Waals surface area contributed by atoms with E-state index in [0.29, 0.717) is 0 Å². The predicted octanol–water partition coefficient (Wildman–Crippen LogP) is 2.73. The van der Waals surface area contributed by atoms with Gasteiger partial charge in [-0.2, -0.15) is 0 Å². The lowest BCUT2D eigenvalue weighted by molar-refractivity contribution is -0.120. The molecule has 2 saturated heterocycles. The van der Waals surface area contributed by atoms with Gasteiger partial charge >= 0.3 is 0 Å². The maximum atomic E-state index is 12.5. The number of carbonyl (C=O) groups excluding carboxylic acids is 1. The monoisotopic (exact) mass is 331 g/mol. The van der Waals surface area contributed by atoms with Crippen LogP contribution in [0.2, 0.25) is 0 Å². The number of amides is 1. The van der Waals surface area contributed by atoms with Crippen LogP contribution in [-0.4, -0.2) is 56.2 Å². The SMILES string of the molecule is C[C@@H](C(=O)Nc1ccc(N2CCOCC2)cc1)N1CCCCCC1. The summed E-state index contributed by atoms with van der Waals surface area (Å²) in [6, 6.07) is 8.09. The van der Waals surface area contributed by atoms with E-state index >= 15 is 0 Å². The van der Waals surface area contributed by atoms with Gasteiger partial charge in [0.1, 0.15) is 0 Å². The van der Waals surface area contributed by atoms with Crippen LogP contribution < -0.4 is 10.2 Å². The average molecular weight is 331 g/mol. The lowest BCUT2D eigenvalue weighted by Crippen LogP contribution is -2.42. The van der Waals surface area contributed by atoms with Gasteiger partial charge in [-0.1, -0.05) is 12.8 Å². The Balaban J connectivity index is 1.55. The summed E-state index contributed by atoms with van der Waals surface area (Å²) in [6.07, 6.45) is 4.97. The summed E-state index contributed by atoms with van der Waals surface area (Å²) in [5.74, 6) is 0.0935. The molecule has 2 aliphatic heterocycles. The van der Waals surface area contributed by atoms with Gasteiger partial charge in [-0.3, -0.25) is 9.69 Å². The van der Waals surface area contributed by atoms with E-state index in [0.717, 1.165) is 45.1 Å². The van der Waals surface area contributed by atoms with Gasteiger partial charge in [0, 0.05) is 24.5 Å². The Morgan fingerprint density at radius 1 is 1.00 bits per heavy atom. The lowest BCUT2D eigenvalue weighted by Gasteiger charge is -2.29. The molecule has 1 atom stereocenters. The number of carbonyl (C=O) groups is 1. The average Bonchev–Trinajstić information content (AvgIpc) is 2.92. The molecule has 5 nitrogen and oxygen atoms in total. The number of nitrogens with zero attached hydrogens (tertiary/aromatic N) is 2. The van der Waals surface area contributed by atoms with Crippen molar-refractivity contribution < 1.29 is 9.53 Å². The minimum absolute atomic E-state index is 0.0676. The molecule has 0 aromatic heterocycles. The van der Waals surface area contributed by atoms with E-state index in [-0.39, 0.29) is 11.9 Å². The first-order valence-electron chi connectivity index (χ1n) is 9.22. The Labute approximate surface area is 145 Å². The number of hydrogen-bond acceptors (Lipinski definition) is 4. The molecule has 2 heterocycles. The van der Waals surface area contributed by atoms with Crippen molar-refractivity contribution in [1.82, 2.24) is 4.90 Å². The molecule has 5 heteroatoms. The van der Waals surface area contributed by atoms with Crippen molar-refractivity contribution in [2.24, 2.45) is 0 Å². The van der Waals surface area contributed by atoms with Crippen molar-refractivity contribution in [3.63, 3.8) is 0 Å². The Morgan fingerprint density at radius 3 is 2.25 bits per heavy atom. The van der Waals surface area contributed by atoms with Crippen LogP contribution >= 0.6 is 0 Å². The number of benzene rings is 1. The minimum Gasteiger partial charge on any atom is -0.378 e. The van der Waals surface area contributed by atoms with E-state index < -0.39 is 0 Å². The fourth-order valence-electron chi connectivity index (χ4n) is 3.47. The summed E-state index contributed by atoms with van der Waals surface area (Å²) < 4.78 is 5.39. The molecule has 0 saturated carbocycles. The Hall–Kier alpha value is -1.59. The second-order valence-corrected chi connectivity index (χ2v) is 6.76. The largest absolute Gasteiger partial charge is 0.378 e. The van der Waals surface area contributed by atoms with Crippen LogP contribution in [0, 0.1) is 0 Å². The Kier molecular flexibility index (Phi) is 6.10. The highest BCUT2D eigenvalue weighted by molar-refractivity contribution is 5.94. The van der Waals surface area contributed by atoms with Crippen LogP contribution in [0.4, 0.5) is 11.4 Å². The molecule has 2 fully saturated rings. The summed E-state index contributed by atoms with van der Waals surface area (Å²) >= 11 is 0. The van der Waals surface area contributed by atoms with Crippen LogP contribution in [0.5, 0.6) is 0 Å². The van der Waals surface area contributed by atoms with Crippen molar-refractivity contribution in [3.05, 3.63) is 24.3 Å². The number of likely N-dealkylation sites (tertiary alicyclic amines) is 1. The van der Waals surface area contributed by atoms with Gasteiger partial charge in [0.05, 0.1) is 19.3 Å². The van der Waals surface area contributed by atoms with Crippen molar-refractivity contribution >= 4 is 17.3 Å². The second kappa shape index (κ2) is 8.49. The third-order valence-electron chi connectivity index (χ3n) is 5.08. The van der Waals surface area contributed by atoms with Gasteiger partial charge in [0.2, 0.25) is 5.91 Å². The van der Waals surface area contributed by atoms with Crippen molar-refractivity contribution in [2.45, 2.75) is 38.6 Å². The van der Waals surface area contributed by atoms with Crippen LogP contribution in [0.25, 0.3) is 0 Å². The zero-order valence-corrected chi connectivity index (χ0v) is 14.7. The molecule has 3 rings (SSSR count). The van der Waals surface area contributed by atoms with Crippen molar-refractivity contribution in [2.75, 3.05) is 49.6 Å². The molecule has 1 N–H and O–H groups in total. The first kappa shape index (κ1) is 17.2. The fraction of sp³-hybridized carbons (Fsp3) is 0.632. The first-order chi connectivity index (χ1) is 11.7. The molecule has 1 amide bonds. The molecular formula is C19H29N3O2. The maximum absolute atomic E-state index is 12.5. The molecule has 24 heavy (non-hydrogen) atoms. The van der Waals surface area contributed by atoms with E-state index in [4.69, 9.17) is 4.74 Å². The molecule has 132 valence electrons. The van der Waals surface area contributed by atoms with Gasteiger partial charge in [0.25, 0.3) is 0 Å². The highest BCUT2D eigenvalue weighted by Crippen LogP contribution is 2.20. The minimum atomic E-state index is -0.0676. The quantitative estimate of drug-likeness (QED) is 0.921. The summed E-state index contributed by atoms with van der Waals surface area (Å²) in [5, 5.41) is 3.07. The van der Waals surface area contributed by atoms with Gasteiger partial charge in [-0.25, -0.2) is 0 Å². The maximum Gasteiger partial charge on any atom is 0.241 e. The normalized spacial score (nSPS) is 21.1. The first-order valence-corrected chi connectivity index (χ1v) is 9.22. The second-order valence-electron chi connectivity index (χ2n) is 6.76. The van der Waals surface area contributed by atoms with Crippen LogP contribution in [0.1, 0.15) is 32.6 Å². The highest BCUT2D eigenvalue weighted by atomic mass is 16.5. The molecule has 2 aliphatic rings. The van der Waals surface area contributed by atoms with Crippen LogP contribution in [0.15, 0.2) is 24.3 Å². The van der Waals surface area contributed by atoms with Gasteiger partial charge in [0.15, 0.2) is 0 Å². The molecule has 1 aromatic carbocycles. The zero-order chi connectivity index (χ0) is 16.8. The summed E-state index contributed by atoms with van der Waals surface area (Å²) in [6.45, 7) is 7.50. The molecule has 0 spiro atoms. The van der Waals surface area contributed by atoms with Gasteiger partial charge in [-0.15, -0.1) is 0 Å².